The third-order valence-corrected chi connectivity index (χ3v) is 2.56. The van der Waals surface area contributed by atoms with Crippen LogP contribution in [0.3, 0.4) is 0 Å². The summed E-state index contributed by atoms with van der Waals surface area (Å²) in [6.45, 7) is -2.02. The first-order valence-electron chi connectivity index (χ1n) is 5.32. The van der Waals surface area contributed by atoms with Crippen LogP contribution >= 0.6 is 0 Å². The number of amides is 3. The van der Waals surface area contributed by atoms with Gasteiger partial charge < -0.3 is 10.6 Å². The molecule has 0 spiro atoms. The Balaban J connectivity index is 2.21. The summed E-state index contributed by atoms with van der Waals surface area (Å²) in [7, 11) is 0. The summed E-state index contributed by atoms with van der Waals surface area (Å²) >= 11 is 0. The lowest BCUT2D eigenvalue weighted by atomic mass is 10.2. The minimum Gasteiger partial charge on any atom is -0.399 e. The lowest BCUT2D eigenvalue weighted by Gasteiger charge is -2.18. The molecule has 0 saturated carbocycles. The molecule has 1 aromatic rings. The second kappa shape index (κ2) is 4.45. The molecule has 5 nitrogen and oxygen atoms in total. The van der Waals surface area contributed by atoms with Crippen LogP contribution in [0.25, 0.3) is 0 Å². The Labute approximate surface area is 106 Å². The third-order valence-electron chi connectivity index (χ3n) is 2.56. The molecule has 0 aromatic heterocycles. The van der Waals surface area contributed by atoms with Gasteiger partial charge in [-0.05, 0) is 24.3 Å². The van der Waals surface area contributed by atoms with Gasteiger partial charge in [0.15, 0.2) is 0 Å². The number of carbonyl (C=O) groups is 2. The highest BCUT2D eigenvalue weighted by atomic mass is 19.4. The molecule has 1 aromatic carbocycles. The number of imide groups is 1. The zero-order valence-corrected chi connectivity index (χ0v) is 9.65. The molecule has 1 aliphatic heterocycles. The number of hydrogen-bond acceptors (Lipinski definition) is 3. The van der Waals surface area contributed by atoms with Crippen LogP contribution in [0.5, 0.6) is 0 Å². The molecule has 1 heterocycles. The van der Waals surface area contributed by atoms with Crippen LogP contribution in [0.1, 0.15) is 0 Å². The Morgan fingerprint density at radius 1 is 1.16 bits per heavy atom. The Bertz CT molecular complexity index is 513. The fraction of sp³-hybridized carbons (Fsp3) is 0.273. The lowest BCUT2D eigenvalue weighted by Crippen LogP contribution is -2.38. The van der Waals surface area contributed by atoms with Crippen molar-refractivity contribution in [2.75, 3.05) is 23.7 Å². The fourth-order valence-corrected chi connectivity index (χ4v) is 1.77. The van der Waals surface area contributed by atoms with Crippen molar-refractivity contribution in [3.05, 3.63) is 24.3 Å². The Kier molecular flexibility index (Phi) is 3.09. The number of halogens is 3. The average molecular weight is 273 g/mol. The van der Waals surface area contributed by atoms with Gasteiger partial charge in [-0.1, -0.05) is 0 Å². The van der Waals surface area contributed by atoms with Crippen molar-refractivity contribution < 1.29 is 22.8 Å². The number of urea groups is 1. The van der Waals surface area contributed by atoms with Crippen molar-refractivity contribution in [3.8, 4) is 0 Å². The number of benzene rings is 1. The molecule has 2 rings (SSSR count). The van der Waals surface area contributed by atoms with E-state index in [1.165, 1.54) is 24.3 Å². The van der Waals surface area contributed by atoms with Crippen molar-refractivity contribution in [1.29, 1.82) is 0 Å². The van der Waals surface area contributed by atoms with E-state index in [9.17, 15) is 22.8 Å². The molecule has 1 aliphatic rings. The van der Waals surface area contributed by atoms with E-state index in [0.717, 1.165) is 0 Å². The second-order valence-corrected chi connectivity index (χ2v) is 4.07. The number of rotatable bonds is 2. The largest absolute Gasteiger partial charge is 0.406 e. The van der Waals surface area contributed by atoms with E-state index in [1.54, 1.807) is 0 Å². The number of hydrogen-bond donors (Lipinski definition) is 1. The van der Waals surface area contributed by atoms with Gasteiger partial charge in [0.05, 0.1) is 5.69 Å². The van der Waals surface area contributed by atoms with Crippen molar-refractivity contribution >= 4 is 23.3 Å². The predicted molar refractivity (Wildman–Crippen MR) is 61.4 cm³/mol. The minimum absolute atomic E-state index is 0.203. The van der Waals surface area contributed by atoms with E-state index in [1.807, 2.05) is 0 Å². The molecule has 0 atom stereocenters. The molecule has 1 fully saturated rings. The van der Waals surface area contributed by atoms with Gasteiger partial charge in [-0.2, -0.15) is 13.2 Å². The first kappa shape index (κ1) is 13.2. The summed E-state index contributed by atoms with van der Waals surface area (Å²) in [5.74, 6) is -0.695. The number of nitrogens with zero attached hydrogens (tertiary/aromatic N) is 2. The molecule has 19 heavy (non-hydrogen) atoms. The number of alkyl halides is 3. The van der Waals surface area contributed by atoms with Gasteiger partial charge in [0, 0.05) is 5.69 Å². The van der Waals surface area contributed by atoms with Crippen molar-refractivity contribution in [3.63, 3.8) is 0 Å². The predicted octanol–water partition coefficient (Wildman–Crippen LogP) is 1.60. The maximum Gasteiger partial charge on any atom is 0.406 e. The van der Waals surface area contributed by atoms with Crippen molar-refractivity contribution in [2.45, 2.75) is 6.18 Å². The lowest BCUT2D eigenvalue weighted by molar-refractivity contribution is -0.139. The number of nitrogen functional groups attached to an aromatic ring is 1. The highest BCUT2D eigenvalue weighted by Gasteiger charge is 2.42. The maximum atomic E-state index is 12.3. The molecular weight excluding hydrogens is 263 g/mol. The summed E-state index contributed by atoms with van der Waals surface area (Å²) < 4.78 is 36.8. The van der Waals surface area contributed by atoms with Gasteiger partial charge in [-0.3, -0.25) is 4.79 Å². The number of anilines is 2. The van der Waals surface area contributed by atoms with Crippen LogP contribution in [0, 0.1) is 0 Å². The summed E-state index contributed by atoms with van der Waals surface area (Å²) in [5.41, 5.74) is 6.09. The van der Waals surface area contributed by atoms with E-state index in [2.05, 4.69) is 0 Å². The zero-order valence-electron chi connectivity index (χ0n) is 9.65. The first-order valence-corrected chi connectivity index (χ1v) is 5.32. The number of nitrogens with two attached hydrogens (primary N) is 1. The standard InChI is InChI=1S/C11H10F3N3O2/c12-11(13,14)6-16-5-9(18)17(10(16)19)8-3-1-7(15)2-4-8/h1-4H,5-6,15H2. The van der Waals surface area contributed by atoms with Crippen molar-refractivity contribution in [2.24, 2.45) is 0 Å². The monoisotopic (exact) mass is 273 g/mol. The summed E-state index contributed by atoms with van der Waals surface area (Å²) in [6.07, 6.45) is -4.53. The number of carbonyl (C=O) groups excluding carboxylic acids is 2. The SMILES string of the molecule is Nc1ccc(N2C(=O)CN(CC(F)(F)F)C2=O)cc1. The average Bonchev–Trinajstić information content (AvgIpc) is 2.54. The minimum atomic E-state index is -4.53. The molecule has 8 heteroatoms. The smallest absolute Gasteiger partial charge is 0.399 e. The third kappa shape index (κ3) is 2.78. The Morgan fingerprint density at radius 3 is 2.26 bits per heavy atom. The summed E-state index contributed by atoms with van der Waals surface area (Å²) in [6, 6.07) is 4.75. The molecule has 0 radical (unpaired) electrons. The molecule has 1 saturated heterocycles. The molecular formula is C11H10F3N3O2. The summed E-state index contributed by atoms with van der Waals surface area (Å²) in [4.78, 5) is 24.6. The molecule has 102 valence electrons. The van der Waals surface area contributed by atoms with E-state index < -0.39 is 31.2 Å². The van der Waals surface area contributed by atoms with E-state index in [4.69, 9.17) is 5.73 Å². The van der Waals surface area contributed by atoms with Crippen LogP contribution in [0.2, 0.25) is 0 Å². The molecule has 3 amide bonds. The topological polar surface area (TPSA) is 66.6 Å². The molecule has 2 N–H and O–H groups in total. The highest BCUT2D eigenvalue weighted by molar-refractivity contribution is 6.19. The zero-order chi connectivity index (χ0) is 14.2. The van der Waals surface area contributed by atoms with Crippen LogP contribution in [0.4, 0.5) is 29.3 Å². The van der Waals surface area contributed by atoms with Gasteiger partial charge in [-0.25, -0.2) is 9.69 Å². The maximum absolute atomic E-state index is 12.3. The van der Waals surface area contributed by atoms with Gasteiger partial charge in [-0.15, -0.1) is 0 Å². The Morgan fingerprint density at radius 2 is 1.74 bits per heavy atom. The van der Waals surface area contributed by atoms with Gasteiger partial charge in [0.2, 0.25) is 0 Å². The normalized spacial score (nSPS) is 16.4. The van der Waals surface area contributed by atoms with E-state index in [0.29, 0.717) is 15.5 Å². The molecule has 0 bridgehead atoms. The highest BCUT2D eigenvalue weighted by Crippen LogP contribution is 2.25. The van der Waals surface area contributed by atoms with E-state index >= 15 is 0 Å². The Hall–Kier alpha value is -2.25. The van der Waals surface area contributed by atoms with E-state index in [-0.39, 0.29) is 5.69 Å². The second-order valence-electron chi connectivity index (χ2n) is 4.07. The van der Waals surface area contributed by atoms with Crippen LogP contribution in [0.15, 0.2) is 24.3 Å². The summed E-state index contributed by atoms with van der Waals surface area (Å²) in [5, 5.41) is 0. The van der Waals surface area contributed by atoms with Crippen LogP contribution < -0.4 is 10.6 Å². The van der Waals surface area contributed by atoms with Crippen molar-refractivity contribution in [1.82, 2.24) is 4.90 Å². The van der Waals surface area contributed by atoms with Gasteiger partial charge in [0.25, 0.3) is 5.91 Å². The van der Waals surface area contributed by atoms with Gasteiger partial charge >= 0.3 is 12.2 Å². The van der Waals surface area contributed by atoms with Crippen LogP contribution in [-0.2, 0) is 4.79 Å². The first-order chi connectivity index (χ1) is 8.78. The van der Waals surface area contributed by atoms with Gasteiger partial charge in [0.1, 0.15) is 13.1 Å². The molecule has 0 aliphatic carbocycles. The quantitative estimate of drug-likeness (QED) is 0.657. The fourth-order valence-electron chi connectivity index (χ4n) is 1.77. The van der Waals surface area contributed by atoms with Crippen LogP contribution in [-0.4, -0.2) is 36.1 Å². The molecule has 0 unspecified atom stereocenters.